The summed E-state index contributed by atoms with van der Waals surface area (Å²) in [6.45, 7) is 6.87. The molecule has 0 N–H and O–H groups in total. The molecule has 7 heteroatoms. The normalized spacial score (nSPS) is 13.6. The average molecular weight is 466 g/mol. The molecule has 2 aromatic carbocycles. The van der Waals surface area contributed by atoms with Crippen LogP contribution in [0.2, 0.25) is 0 Å². The maximum absolute atomic E-state index is 13.0. The first-order valence-electron chi connectivity index (χ1n) is 11.4. The summed E-state index contributed by atoms with van der Waals surface area (Å²) in [5.41, 5.74) is 2.49. The van der Waals surface area contributed by atoms with Crippen molar-refractivity contribution >= 4 is 11.9 Å². The first-order valence-corrected chi connectivity index (χ1v) is 11.4. The lowest BCUT2D eigenvalue weighted by Gasteiger charge is -2.30. The SMILES string of the molecule is CCOC(=O)C1=CN(Cc2ccc(OC)cc2)C=C(C(=O)OCC)C1c1ccc(OCC)cc1. The van der Waals surface area contributed by atoms with Gasteiger partial charge in [-0.3, -0.25) is 0 Å². The van der Waals surface area contributed by atoms with Crippen LogP contribution < -0.4 is 9.47 Å². The Kier molecular flexibility index (Phi) is 8.73. The molecule has 7 nitrogen and oxygen atoms in total. The zero-order valence-corrected chi connectivity index (χ0v) is 20.1. The molecule has 0 aliphatic carbocycles. The van der Waals surface area contributed by atoms with Crippen molar-refractivity contribution in [2.75, 3.05) is 26.9 Å². The Bertz CT molecular complexity index is 1000. The van der Waals surface area contributed by atoms with E-state index in [1.807, 2.05) is 60.4 Å². The summed E-state index contributed by atoms with van der Waals surface area (Å²) < 4.78 is 21.5. The first-order chi connectivity index (χ1) is 16.5. The standard InChI is InChI=1S/C27H31NO6/c1-5-32-22-14-10-20(11-15-22)25-23(26(29)33-6-2)17-28(18-24(25)27(30)34-7-3)16-19-8-12-21(31-4)13-9-19/h8-15,17-18,25H,5-7,16H2,1-4H3. The highest BCUT2D eigenvalue weighted by Crippen LogP contribution is 2.38. The lowest BCUT2D eigenvalue weighted by atomic mass is 9.83. The van der Waals surface area contributed by atoms with E-state index in [1.54, 1.807) is 33.4 Å². The van der Waals surface area contributed by atoms with Gasteiger partial charge in [-0.25, -0.2) is 9.59 Å². The highest BCUT2D eigenvalue weighted by atomic mass is 16.5. The van der Waals surface area contributed by atoms with Gasteiger partial charge in [0, 0.05) is 18.9 Å². The molecule has 3 rings (SSSR count). The lowest BCUT2D eigenvalue weighted by molar-refractivity contribution is -0.139. The molecule has 0 radical (unpaired) electrons. The van der Waals surface area contributed by atoms with Gasteiger partial charge in [0.25, 0.3) is 0 Å². The third-order valence-corrected chi connectivity index (χ3v) is 5.30. The van der Waals surface area contributed by atoms with E-state index in [-0.39, 0.29) is 13.2 Å². The molecule has 0 unspecified atom stereocenters. The number of esters is 2. The van der Waals surface area contributed by atoms with E-state index in [9.17, 15) is 9.59 Å². The molecule has 0 saturated carbocycles. The molecule has 1 heterocycles. The lowest BCUT2D eigenvalue weighted by Crippen LogP contribution is -2.29. The molecule has 0 fully saturated rings. The Morgan fingerprint density at radius 2 is 1.29 bits per heavy atom. The van der Waals surface area contributed by atoms with Gasteiger partial charge in [0.1, 0.15) is 11.5 Å². The molecular weight excluding hydrogens is 434 g/mol. The molecular formula is C27H31NO6. The first kappa shape index (κ1) is 24.9. The van der Waals surface area contributed by atoms with Crippen molar-refractivity contribution in [3.63, 3.8) is 0 Å². The number of methoxy groups -OCH3 is 1. The quantitative estimate of drug-likeness (QED) is 0.475. The number of carbonyl (C=O) groups excluding carboxylic acids is 2. The third-order valence-electron chi connectivity index (χ3n) is 5.30. The molecule has 34 heavy (non-hydrogen) atoms. The van der Waals surface area contributed by atoms with Gasteiger partial charge in [-0.15, -0.1) is 0 Å². The van der Waals surface area contributed by atoms with Crippen LogP contribution in [0.3, 0.4) is 0 Å². The molecule has 0 atom stereocenters. The summed E-state index contributed by atoms with van der Waals surface area (Å²) in [6.07, 6.45) is 3.48. The number of nitrogens with zero attached hydrogens (tertiary/aromatic N) is 1. The molecule has 0 amide bonds. The van der Waals surface area contributed by atoms with Crippen LogP contribution in [0, 0.1) is 0 Å². The maximum Gasteiger partial charge on any atom is 0.336 e. The Labute approximate surface area is 200 Å². The summed E-state index contributed by atoms with van der Waals surface area (Å²) >= 11 is 0. The van der Waals surface area contributed by atoms with Crippen molar-refractivity contribution in [2.24, 2.45) is 0 Å². The summed E-state index contributed by atoms with van der Waals surface area (Å²) in [7, 11) is 1.61. The fourth-order valence-electron chi connectivity index (χ4n) is 3.80. The van der Waals surface area contributed by atoms with Crippen molar-refractivity contribution in [1.82, 2.24) is 4.90 Å². The number of rotatable bonds is 10. The number of benzene rings is 2. The van der Waals surface area contributed by atoms with Crippen LogP contribution in [-0.2, 0) is 25.6 Å². The fourth-order valence-corrected chi connectivity index (χ4v) is 3.80. The van der Waals surface area contributed by atoms with Gasteiger partial charge in [-0.2, -0.15) is 0 Å². The van der Waals surface area contributed by atoms with E-state index in [1.165, 1.54) is 0 Å². The van der Waals surface area contributed by atoms with E-state index in [0.717, 1.165) is 16.9 Å². The van der Waals surface area contributed by atoms with E-state index in [0.29, 0.717) is 30.0 Å². The molecule has 0 spiro atoms. The van der Waals surface area contributed by atoms with E-state index < -0.39 is 17.9 Å². The van der Waals surface area contributed by atoms with E-state index in [2.05, 4.69) is 0 Å². The Balaban J connectivity index is 2.03. The zero-order valence-electron chi connectivity index (χ0n) is 20.1. The van der Waals surface area contributed by atoms with Gasteiger partial charge in [0.05, 0.1) is 44.0 Å². The molecule has 0 bridgehead atoms. The minimum absolute atomic E-state index is 0.225. The summed E-state index contributed by atoms with van der Waals surface area (Å²) in [5, 5.41) is 0. The van der Waals surface area contributed by atoms with Crippen LogP contribution in [0.15, 0.2) is 72.1 Å². The van der Waals surface area contributed by atoms with Crippen molar-refractivity contribution in [2.45, 2.75) is 33.2 Å². The van der Waals surface area contributed by atoms with Gasteiger partial charge in [0.15, 0.2) is 0 Å². The molecule has 1 aliphatic rings. The van der Waals surface area contributed by atoms with Gasteiger partial charge < -0.3 is 23.8 Å². The second-order valence-corrected chi connectivity index (χ2v) is 7.57. The molecule has 180 valence electrons. The number of carbonyl (C=O) groups is 2. The second kappa shape index (κ2) is 11.9. The predicted octanol–water partition coefficient (Wildman–Crippen LogP) is 4.59. The Hall–Kier alpha value is -3.74. The van der Waals surface area contributed by atoms with Crippen molar-refractivity contribution < 1.29 is 28.5 Å². The van der Waals surface area contributed by atoms with Gasteiger partial charge in [0.2, 0.25) is 0 Å². The summed E-state index contributed by atoms with van der Waals surface area (Å²) in [4.78, 5) is 27.9. The highest BCUT2D eigenvalue weighted by molar-refractivity contribution is 5.98. The fraction of sp³-hybridized carbons (Fsp3) is 0.333. The minimum atomic E-state index is -0.624. The van der Waals surface area contributed by atoms with Gasteiger partial charge >= 0.3 is 11.9 Å². The predicted molar refractivity (Wildman–Crippen MR) is 128 cm³/mol. The molecule has 1 aliphatic heterocycles. The zero-order chi connectivity index (χ0) is 24.5. The van der Waals surface area contributed by atoms with Crippen LogP contribution in [0.4, 0.5) is 0 Å². The molecule has 2 aromatic rings. The van der Waals surface area contributed by atoms with Crippen LogP contribution >= 0.6 is 0 Å². The molecule has 0 aromatic heterocycles. The topological polar surface area (TPSA) is 74.3 Å². The second-order valence-electron chi connectivity index (χ2n) is 7.57. The number of hydrogen-bond donors (Lipinski definition) is 0. The van der Waals surface area contributed by atoms with E-state index >= 15 is 0 Å². The Morgan fingerprint density at radius 1 is 0.765 bits per heavy atom. The van der Waals surface area contributed by atoms with Gasteiger partial charge in [-0.1, -0.05) is 24.3 Å². The average Bonchev–Trinajstić information content (AvgIpc) is 2.85. The molecule has 0 saturated heterocycles. The van der Waals surface area contributed by atoms with Crippen LogP contribution in [-0.4, -0.2) is 43.8 Å². The van der Waals surface area contributed by atoms with Crippen molar-refractivity contribution in [1.29, 1.82) is 0 Å². The number of hydrogen-bond acceptors (Lipinski definition) is 7. The van der Waals surface area contributed by atoms with Crippen LogP contribution in [0.5, 0.6) is 11.5 Å². The minimum Gasteiger partial charge on any atom is -0.497 e. The summed E-state index contributed by atoms with van der Waals surface area (Å²) in [5.74, 6) is -0.108. The van der Waals surface area contributed by atoms with Crippen LogP contribution in [0.25, 0.3) is 0 Å². The largest absolute Gasteiger partial charge is 0.497 e. The third kappa shape index (κ3) is 5.98. The number of ether oxygens (including phenoxy) is 4. The van der Waals surface area contributed by atoms with Crippen LogP contribution in [0.1, 0.15) is 37.8 Å². The highest BCUT2D eigenvalue weighted by Gasteiger charge is 2.35. The monoisotopic (exact) mass is 465 g/mol. The van der Waals surface area contributed by atoms with Gasteiger partial charge in [-0.05, 0) is 56.2 Å². The van der Waals surface area contributed by atoms with E-state index in [4.69, 9.17) is 18.9 Å². The smallest absolute Gasteiger partial charge is 0.336 e. The Morgan fingerprint density at radius 3 is 1.76 bits per heavy atom. The summed E-state index contributed by atoms with van der Waals surface area (Å²) in [6, 6.07) is 15.0. The maximum atomic E-state index is 13.0. The van der Waals surface area contributed by atoms with Crippen molar-refractivity contribution in [3.05, 3.63) is 83.2 Å². The van der Waals surface area contributed by atoms with Crippen molar-refractivity contribution in [3.8, 4) is 11.5 Å².